The summed E-state index contributed by atoms with van der Waals surface area (Å²) in [5.41, 5.74) is 0.303. The van der Waals surface area contributed by atoms with Crippen LogP contribution in [0.15, 0.2) is 48.5 Å². The van der Waals surface area contributed by atoms with Crippen LogP contribution in [0.3, 0.4) is 0 Å². The first-order chi connectivity index (χ1) is 15.7. The predicted octanol–water partition coefficient (Wildman–Crippen LogP) is 3.33. The summed E-state index contributed by atoms with van der Waals surface area (Å²) in [7, 11) is -4.13. The lowest BCUT2D eigenvalue weighted by Crippen LogP contribution is -2.51. The number of anilines is 1. The van der Waals surface area contributed by atoms with E-state index in [2.05, 4.69) is 5.32 Å². The SMILES string of the molecule is CCNC(=O)[C@H](C)N(Cc1cccc(C)c1)C(=O)CN(c1cccc(C(F)(F)F)c1)S(C)(=O)=O. The Kier molecular flexibility index (Phi) is 8.71. The summed E-state index contributed by atoms with van der Waals surface area (Å²) in [6.45, 7) is 4.66. The van der Waals surface area contributed by atoms with Crippen LogP contribution < -0.4 is 9.62 Å². The molecule has 2 rings (SSSR count). The molecule has 1 atom stereocenters. The molecule has 0 fully saturated rings. The average molecular weight is 500 g/mol. The van der Waals surface area contributed by atoms with Gasteiger partial charge in [-0.15, -0.1) is 0 Å². The monoisotopic (exact) mass is 499 g/mol. The van der Waals surface area contributed by atoms with Gasteiger partial charge in [-0.1, -0.05) is 35.9 Å². The van der Waals surface area contributed by atoms with Crippen molar-refractivity contribution in [1.29, 1.82) is 0 Å². The standard InChI is InChI=1S/C23H28F3N3O4S/c1-5-27-22(31)17(3)28(14-18-9-6-8-16(2)12-18)21(30)15-29(34(4,32)33)20-11-7-10-19(13-20)23(24,25)26/h6-13,17H,5,14-15H2,1-4H3,(H,27,31)/t17-/m0/s1. The van der Waals surface area contributed by atoms with E-state index in [0.29, 0.717) is 16.9 Å². The van der Waals surface area contributed by atoms with Crippen LogP contribution in [0.5, 0.6) is 0 Å². The maximum Gasteiger partial charge on any atom is 0.416 e. The van der Waals surface area contributed by atoms with Crippen LogP contribution in [0.25, 0.3) is 0 Å². The number of rotatable bonds is 9. The Labute approximate surface area is 197 Å². The second-order valence-corrected chi connectivity index (χ2v) is 9.81. The Morgan fingerprint density at radius 2 is 1.74 bits per heavy atom. The second-order valence-electron chi connectivity index (χ2n) is 7.90. The lowest BCUT2D eigenvalue weighted by Gasteiger charge is -2.31. The average Bonchev–Trinajstić information content (AvgIpc) is 2.74. The van der Waals surface area contributed by atoms with Gasteiger partial charge in [0.25, 0.3) is 0 Å². The largest absolute Gasteiger partial charge is 0.416 e. The number of alkyl halides is 3. The smallest absolute Gasteiger partial charge is 0.355 e. The van der Waals surface area contributed by atoms with Gasteiger partial charge in [0, 0.05) is 13.1 Å². The van der Waals surface area contributed by atoms with E-state index >= 15 is 0 Å². The molecule has 2 aromatic carbocycles. The quantitative estimate of drug-likeness (QED) is 0.574. The molecule has 2 aromatic rings. The summed E-state index contributed by atoms with van der Waals surface area (Å²) in [5.74, 6) is -1.17. The molecule has 0 aromatic heterocycles. The minimum atomic E-state index is -4.69. The molecule has 0 radical (unpaired) electrons. The van der Waals surface area contributed by atoms with Crippen LogP contribution in [-0.2, 0) is 32.3 Å². The molecule has 186 valence electrons. The van der Waals surface area contributed by atoms with E-state index in [4.69, 9.17) is 0 Å². The highest BCUT2D eigenvalue weighted by atomic mass is 32.2. The number of amides is 2. The van der Waals surface area contributed by atoms with Crippen LogP contribution in [-0.4, -0.2) is 50.5 Å². The molecule has 0 saturated carbocycles. The third-order valence-electron chi connectivity index (χ3n) is 5.09. The molecule has 0 unspecified atom stereocenters. The first-order valence-corrected chi connectivity index (χ1v) is 12.4. The van der Waals surface area contributed by atoms with E-state index in [-0.39, 0.29) is 12.2 Å². The number of hydrogen-bond acceptors (Lipinski definition) is 4. The van der Waals surface area contributed by atoms with Crippen molar-refractivity contribution in [2.75, 3.05) is 23.7 Å². The number of benzene rings is 2. The minimum absolute atomic E-state index is 0.0129. The second kappa shape index (κ2) is 10.9. The number of carbonyl (C=O) groups excluding carboxylic acids is 2. The number of halogens is 3. The van der Waals surface area contributed by atoms with Gasteiger partial charge in [0.2, 0.25) is 21.8 Å². The molecule has 7 nitrogen and oxygen atoms in total. The Morgan fingerprint density at radius 1 is 1.09 bits per heavy atom. The lowest BCUT2D eigenvalue weighted by atomic mass is 10.1. The molecule has 0 spiro atoms. The summed E-state index contributed by atoms with van der Waals surface area (Å²) in [5, 5.41) is 2.63. The van der Waals surface area contributed by atoms with Crippen LogP contribution >= 0.6 is 0 Å². The molecule has 0 aliphatic carbocycles. The molecule has 0 aliphatic rings. The summed E-state index contributed by atoms with van der Waals surface area (Å²) in [6, 6.07) is 10.0. The fourth-order valence-corrected chi connectivity index (χ4v) is 4.20. The van der Waals surface area contributed by atoms with Gasteiger partial charge in [-0.05, 0) is 44.5 Å². The maximum atomic E-state index is 13.3. The number of carbonyl (C=O) groups is 2. The Bertz CT molecular complexity index is 1140. The van der Waals surface area contributed by atoms with Crippen molar-refractivity contribution in [3.8, 4) is 0 Å². The highest BCUT2D eigenvalue weighted by molar-refractivity contribution is 7.92. The minimum Gasteiger partial charge on any atom is -0.355 e. The van der Waals surface area contributed by atoms with Crippen LogP contribution in [0.2, 0.25) is 0 Å². The molecular formula is C23H28F3N3O4S. The van der Waals surface area contributed by atoms with Gasteiger partial charge < -0.3 is 10.2 Å². The van der Waals surface area contributed by atoms with E-state index < -0.39 is 46.2 Å². The molecule has 2 amide bonds. The van der Waals surface area contributed by atoms with Crippen molar-refractivity contribution < 1.29 is 31.2 Å². The van der Waals surface area contributed by atoms with Crippen molar-refractivity contribution in [1.82, 2.24) is 10.2 Å². The Hall–Kier alpha value is -3.08. The molecule has 1 N–H and O–H groups in total. The molecular weight excluding hydrogens is 471 g/mol. The normalized spacial score (nSPS) is 12.7. The zero-order valence-corrected chi connectivity index (χ0v) is 20.2. The third kappa shape index (κ3) is 7.21. The van der Waals surface area contributed by atoms with Crippen molar-refractivity contribution in [2.45, 2.75) is 39.5 Å². The van der Waals surface area contributed by atoms with Gasteiger partial charge in [0.15, 0.2) is 0 Å². The maximum absolute atomic E-state index is 13.3. The van der Waals surface area contributed by atoms with Crippen molar-refractivity contribution in [2.24, 2.45) is 0 Å². The van der Waals surface area contributed by atoms with E-state index in [1.165, 1.54) is 17.9 Å². The number of likely N-dealkylation sites (N-methyl/N-ethyl adjacent to an activating group) is 1. The van der Waals surface area contributed by atoms with Crippen LogP contribution in [0.1, 0.15) is 30.5 Å². The highest BCUT2D eigenvalue weighted by Crippen LogP contribution is 2.32. The number of nitrogens with zero attached hydrogens (tertiary/aromatic N) is 2. The van der Waals surface area contributed by atoms with E-state index in [1.807, 2.05) is 19.1 Å². The third-order valence-corrected chi connectivity index (χ3v) is 6.23. The first-order valence-electron chi connectivity index (χ1n) is 10.5. The molecule has 0 saturated heterocycles. The van der Waals surface area contributed by atoms with Gasteiger partial charge in [-0.25, -0.2) is 8.42 Å². The number of nitrogens with one attached hydrogen (secondary N) is 1. The van der Waals surface area contributed by atoms with Gasteiger partial charge in [-0.2, -0.15) is 13.2 Å². The molecule has 11 heteroatoms. The van der Waals surface area contributed by atoms with Crippen molar-refractivity contribution in [3.05, 3.63) is 65.2 Å². The van der Waals surface area contributed by atoms with E-state index in [9.17, 15) is 31.2 Å². The fraction of sp³-hybridized carbons (Fsp3) is 0.391. The van der Waals surface area contributed by atoms with Gasteiger partial charge in [0.05, 0.1) is 17.5 Å². The van der Waals surface area contributed by atoms with Crippen LogP contribution in [0, 0.1) is 6.92 Å². The Balaban J connectivity index is 2.44. The van der Waals surface area contributed by atoms with Gasteiger partial charge in [-0.3, -0.25) is 13.9 Å². The van der Waals surface area contributed by atoms with Gasteiger partial charge >= 0.3 is 6.18 Å². The summed E-state index contributed by atoms with van der Waals surface area (Å²) in [6.07, 6.45) is -3.88. The molecule has 34 heavy (non-hydrogen) atoms. The number of sulfonamides is 1. The number of aryl methyl sites for hydroxylation is 1. The summed E-state index contributed by atoms with van der Waals surface area (Å²) in [4.78, 5) is 27.0. The van der Waals surface area contributed by atoms with Crippen molar-refractivity contribution >= 4 is 27.5 Å². The molecule has 0 bridgehead atoms. The van der Waals surface area contributed by atoms with E-state index in [1.54, 1.807) is 19.1 Å². The topological polar surface area (TPSA) is 86.8 Å². The number of hydrogen-bond donors (Lipinski definition) is 1. The molecule has 0 aliphatic heterocycles. The van der Waals surface area contributed by atoms with E-state index in [0.717, 1.165) is 29.5 Å². The summed E-state index contributed by atoms with van der Waals surface area (Å²) >= 11 is 0. The fourth-order valence-electron chi connectivity index (χ4n) is 3.36. The Morgan fingerprint density at radius 3 is 2.29 bits per heavy atom. The van der Waals surface area contributed by atoms with Crippen LogP contribution in [0.4, 0.5) is 18.9 Å². The predicted molar refractivity (Wildman–Crippen MR) is 124 cm³/mol. The summed E-state index contributed by atoms with van der Waals surface area (Å²) < 4.78 is 65.0. The highest BCUT2D eigenvalue weighted by Gasteiger charge is 2.33. The first kappa shape index (κ1) is 27.2. The molecule has 0 heterocycles. The zero-order valence-electron chi connectivity index (χ0n) is 19.4. The lowest BCUT2D eigenvalue weighted by molar-refractivity contribution is -0.139. The van der Waals surface area contributed by atoms with Crippen molar-refractivity contribution in [3.63, 3.8) is 0 Å². The zero-order chi connectivity index (χ0) is 25.7. The van der Waals surface area contributed by atoms with Gasteiger partial charge in [0.1, 0.15) is 12.6 Å².